The highest BCUT2D eigenvalue weighted by molar-refractivity contribution is 7.99. The van der Waals surface area contributed by atoms with Crippen molar-refractivity contribution in [2.24, 2.45) is 5.92 Å². The Morgan fingerprint density at radius 2 is 1.89 bits per heavy atom. The van der Waals surface area contributed by atoms with E-state index in [1.54, 1.807) is 36.3 Å². The van der Waals surface area contributed by atoms with Crippen molar-refractivity contribution in [3.8, 4) is 0 Å². The Morgan fingerprint density at radius 3 is 2.59 bits per heavy atom. The summed E-state index contributed by atoms with van der Waals surface area (Å²) in [5, 5.41) is 3.05. The summed E-state index contributed by atoms with van der Waals surface area (Å²) in [6.07, 6.45) is 5.65. The molecule has 0 radical (unpaired) electrons. The van der Waals surface area contributed by atoms with Gasteiger partial charge in [0.15, 0.2) is 0 Å². The van der Waals surface area contributed by atoms with E-state index in [0.717, 1.165) is 31.7 Å². The number of pyridine rings is 1. The fourth-order valence-corrected chi connectivity index (χ4v) is 4.01. The fraction of sp³-hybridized carbons (Fsp3) is 0.381. The number of likely N-dealkylation sites (tertiary alicyclic amines) is 1. The lowest BCUT2D eigenvalue weighted by molar-refractivity contribution is -0.120. The van der Waals surface area contributed by atoms with Gasteiger partial charge in [-0.3, -0.25) is 14.6 Å². The van der Waals surface area contributed by atoms with E-state index in [2.05, 4.69) is 22.4 Å². The topological polar surface area (TPSA) is 62.3 Å². The van der Waals surface area contributed by atoms with Crippen molar-refractivity contribution in [2.45, 2.75) is 24.2 Å². The predicted molar refractivity (Wildman–Crippen MR) is 108 cm³/mol. The third-order valence-corrected chi connectivity index (χ3v) is 5.75. The molecule has 1 aliphatic rings. The van der Waals surface area contributed by atoms with Crippen LogP contribution in [0.2, 0.25) is 0 Å². The van der Waals surface area contributed by atoms with Crippen LogP contribution in [0.15, 0.2) is 59.8 Å². The molecule has 1 fully saturated rings. The molecule has 1 N–H and O–H groups in total. The smallest absolute Gasteiger partial charge is 0.255 e. The molecule has 2 heterocycles. The summed E-state index contributed by atoms with van der Waals surface area (Å²) in [5.41, 5.74) is 0.639. The van der Waals surface area contributed by atoms with Gasteiger partial charge in [0.05, 0.1) is 5.56 Å². The average molecular weight is 384 g/mol. The monoisotopic (exact) mass is 383 g/mol. The number of nitrogens with one attached hydrogen (secondary N) is 1. The lowest BCUT2D eigenvalue weighted by atomic mass is 9.96. The number of carbonyl (C=O) groups is 2. The molecular formula is C21H25N3O2S. The highest BCUT2D eigenvalue weighted by Gasteiger charge is 2.23. The number of nitrogens with zero attached hydrogens (tertiary/aromatic N) is 2. The van der Waals surface area contributed by atoms with Crippen LogP contribution in [-0.2, 0) is 4.79 Å². The molecule has 1 aromatic heterocycles. The Kier molecular flexibility index (Phi) is 7.27. The normalized spacial score (nSPS) is 14.7. The minimum atomic E-state index is 0.0449. The van der Waals surface area contributed by atoms with Crippen LogP contribution in [0.5, 0.6) is 0 Å². The molecule has 3 rings (SSSR count). The summed E-state index contributed by atoms with van der Waals surface area (Å²) >= 11 is 1.70. The zero-order chi connectivity index (χ0) is 18.9. The number of thioether (sulfide) groups is 1. The second-order valence-corrected chi connectivity index (χ2v) is 7.86. The third kappa shape index (κ3) is 6.10. The van der Waals surface area contributed by atoms with Crippen LogP contribution in [0.3, 0.4) is 0 Å². The first kappa shape index (κ1) is 19.4. The molecule has 0 unspecified atom stereocenters. The van der Waals surface area contributed by atoms with Crippen molar-refractivity contribution in [1.82, 2.24) is 15.2 Å². The Bertz CT molecular complexity index is 732. The Balaban J connectivity index is 1.32. The van der Waals surface area contributed by atoms with Crippen molar-refractivity contribution >= 4 is 23.6 Å². The van der Waals surface area contributed by atoms with Gasteiger partial charge in [0.1, 0.15) is 0 Å². The minimum Gasteiger partial charge on any atom is -0.356 e. The van der Waals surface area contributed by atoms with Crippen molar-refractivity contribution in [3.63, 3.8) is 0 Å². The van der Waals surface area contributed by atoms with Crippen molar-refractivity contribution in [1.29, 1.82) is 0 Å². The number of hydrogen-bond acceptors (Lipinski definition) is 4. The van der Waals surface area contributed by atoms with Gasteiger partial charge in [0.2, 0.25) is 5.91 Å². The van der Waals surface area contributed by atoms with Gasteiger partial charge in [-0.15, -0.1) is 11.8 Å². The first-order valence-electron chi connectivity index (χ1n) is 9.36. The molecule has 1 saturated heterocycles. The van der Waals surface area contributed by atoms with Gasteiger partial charge in [-0.1, -0.05) is 18.2 Å². The van der Waals surface area contributed by atoms with E-state index < -0.39 is 0 Å². The van der Waals surface area contributed by atoms with E-state index in [4.69, 9.17) is 0 Å². The van der Waals surface area contributed by atoms with Gasteiger partial charge in [0.25, 0.3) is 5.91 Å². The van der Waals surface area contributed by atoms with Crippen molar-refractivity contribution in [3.05, 3.63) is 60.4 Å². The minimum absolute atomic E-state index is 0.0449. The third-order valence-electron chi connectivity index (χ3n) is 4.74. The van der Waals surface area contributed by atoms with Gasteiger partial charge in [-0.2, -0.15) is 0 Å². The number of rotatable bonds is 7. The van der Waals surface area contributed by atoms with Gasteiger partial charge in [-0.25, -0.2) is 0 Å². The lowest BCUT2D eigenvalue weighted by Crippen LogP contribution is -2.41. The van der Waals surface area contributed by atoms with Crippen LogP contribution in [0.1, 0.15) is 29.6 Å². The molecule has 5 nitrogen and oxygen atoms in total. The van der Waals surface area contributed by atoms with Crippen LogP contribution < -0.4 is 5.32 Å². The van der Waals surface area contributed by atoms with E-state index in [1.165, 1.54) is 4.90 Å². The predicted octanol–water partition coefficient (Wildman–Crippen LogP) is 3.23. The summed E-state index contributed by atoms with van der Waals surface area (Å²) in [6.45, 7) is 2.17. The Hall–Kier alpha value is -2.34. The van der Waals surface area contributed by atoms with Gasteiger partial charge < -0.3 is 10.2 Å². The zero-order valence-corrected chi connectivity index (χ0v) is 16.2. The first-order chi connectivity index (χ1) is 13.2. The largest absolute Gasteiger partial charge is 0.356 e. The molecule has 0 aliphatic carbocycles. The molecule has 0 bridgehead atoms. The molecule has 2 amide bonds. The van der Waals surface area contributed by atoms with E-state index in [-0.39, 0.29) is 11.8 Å². The van der Waals surface area contributed by atoms with Gasteiger partial charge >= 0.3 is 0 Å². The number of piperidine rings is 1. The number of aromatic nitrogens is 1. The summed E-state index contributed by atoms with van der Waals surface area (Å²) in [4.78, 5) is 31.5. The summed E-state index contributed by atoms with van der Waals surface area (Å²) in [5.74, 6) is 1.37. The zero-order valence-electron chi connectivity index (χ0n) is 15.3. The van der Waals surface area contributed by atoms with E-state index in [1.807, 2.05) is 23.1 Å². The maximum Gasteiger partial charge on any atom is 0.255 e. The molecule has 0 saturated carbocycles. The Labute approximate surface area is 164 Å². The molecular weight excluding hydrogens is 358 g/mol. The maximum atomic E-state index is 12.4. The van der Waals surface area contributed by atoms with Crippen molar-refractivity contribution < 1.29 is 9.59 Å². The number of carbonyl (C=O) groups excluding carboxylic acids is 2. The highest BCUT2D eigenvalue weighted by Crippen LogP contribution is 2.19. The fourth-order valence-electron chi connectivity index (χ4n) is 3.14. The quantitative estimate of drug-likeness (QED) is 0.746. The standard InChI is InChI=1S/C21H25N3O2S/c25-20(10-14-27-19-6-2-1-3-7-19)23-15-17-8-12-24(13-9-17)21(26)18-5-4-11-22-16-18/h1-7,11,16-17H,8-10,12-15H2,(H,23,25). The first-order valence-corrected chi connectivity index (χ1v) is 10.3. The molecule has 0 atom stereocenters. The molecule has 1 aromatic carbocycles. The lowest BCUT2D eigenvalue weighted by Gasteiger charge is -2.32. The van der Waals surface area contributed by atoms with Crippen LogP contribution in [0, 0.1) is 5.92 Å². The van der Waals surface area contributed by atoms with Crippen LogP contribution in [-0.4, -0.2) is 47.1 Å². The summed E-state index contributed by atoms with van der Waals surface area (Å²) < 4.78 is 0. The molecule has 2 aromatic rings. The second kappa shape index (κ2) is 10.1. The molecule has 0 spiro atoms. The van der Waals surface area contributed by atoms with Crippen molar-refractivity contribution in [2.75, 3.05) is 25.4 Å². The summed E-state index contributed by atoms with van der Waals surface area (Å²) in [6, 6.07) is 13.7. The van der Waals surface area contributed by atoms with E-state index in [0.29, 0.717) is 24.4 Å². The van der Waals surface area contributed by atoms with E-state index in [9.17, 15) is 9.59 Å². The maximum absolute atomic E-state index is 12.4. The highest BCUT2D eigenvalue weighted by atomic mass is 32.2. The Morgan fingerprint density at radius 1 is 1.11 bits per heavy atom. The average Bonchev–Trinajstić information content (AvgIpc) is 2.73. The van der Waals surface area contributed by atoms with Crippen LogP contribution in [0.25, 0.3) is 0 Å². The SMILES string of the molecule is O=C(CCSc1ccccc1)NCC1CCN(C(=O)c2cccnc2)CC1. The number of hydrogen-bond donors (Lipinski definition) is 1. The van der Waals surface area contributed by atoms with Crippen LogP contribution in [0.4, 0.5) is 0 Å². The second-order valence-electron chi connectivity index (χ2n) is 6.69. The number of benzene rings is 1. The molecule has 27 heavy (non-hydrogen) atoms. The van der Waals surface area contributed by atoms with E-state index >= 15 is 0 Å². The van der Waals surface area contributed by atoms with Gasteiger partial charge in [-0.05, 0) is 43.0 Å². The number of amides is 2. The molecule has 6 heteroatoms. The molecule has 142 valence electrons. The molecule has 1 aliphatic heterocycles. The van der Waals surface area contributed by atoms with Crippen LogP contribution >= 0.6 is 11.8 Å². The van der Waals surface area contributed by atoms with Gasteiger partial charge in [0, 0.05) is 49.1 Å². The summed E-state index contributed by atoms with van der Waals surface area (Å²) in [7, 11) is 0.